The summed E-state index contributed by atoms with van der Waals surface area (Å²) in [6.45, 7) is 3.91. The second-order valence-electron chi connectivity index (χ2n) is 4.87. The van der Waals surface area contributed by atoms with Gasteiger partial charge in [0.25, 0.3) is 0 Å². The first-order valence-corrected chi connectivity index (χ1v) is 7.19. The number of phenolic OH excluding ortho intramolecular Hbond substituents is 1. The molecule has 0 saturated heterocycles. The molecule has 0 aliphatic heterocycles. The third-order valence-electron chi connectivity index (χ3n) is 3.34. The van der Waals surface area contributed by atoms with E-state index >= 15 is 0 Å². The molecule has 2 N–H and O–H groups in total. The predicted octanol–water partition coefficient (Wildman–Crippen LogP) is 4.40. The summed E-state index contributed by atoms with van der Waals surface area (Å²) in [7, 11) is 0. The molecule has 2 aromatic carbocycles. The number of hydrogen-bond donors (Lipinski definition) is 2. The number of aliphatic carboxylic acids is 1. The van der Waals surface area contributed by atoms with Crippen molar-refractivity contribution < 1.29 is 15.0 Å². The minimum absolute atomic E-state index is 0.0424. The van der Waals surface area contributed by atoms with Crippen LogP contribution in [0.3, 0.4) is 0 Å². The van der Waals surface area contributed by atoms with Crippen LogP contribution in [0.2, 0.25) is 0 Å². The molecule has 0 aliphatic carbocycles. The minimum Gasteiger partial charge on any atom is -0.507 e. The molecule has 0 atom stereocenters. The Morgan fingerprint density at radius 1 is 1.10 bits per heavy atom. The van der Waals surface area contributed by atoms with Crippen LogP contribution >= 0.6 is 15.9 Å². The molecule has 2 rings (SSSR count). The van der Waals surface area contributed by atoms with Crippen LogP contribution in [0.5, 0.6) is 5.75 Å². The monoisotopic (exact) mass is 346 g/mol. The first-order valence-electron chi connectivity index (χ1n) is 6.39. The maximum Gasteiger partial charge on any atom is 0.336 e. The van der Waals surface area contributed by atoms with E-state index in [1.54, 1.807) is 18.2 Å². The summed E-state index contributed by atoms with van der Waals surface area (Å²) in [6.07, 6.45) is 1.48. The third kappa shape index (κ3) is 3.52. The van der Waals surface area contributed by atoms with Crippen LogP contribution in [0, 0.1) is 13.8 Å². The maximum absolute atomic E-state index is 11.5. The van der Waals surface area contributed by atoms with E-state index in [9.17, 15) is 15.0 Å². The number of phenols is 1. The van der Waals surface area contributed by atoms with Crippen LogP contribution in [0.25, 0.3) is 11.6 Å². The van der Waals surface area contributed by atoms with Crippen LogP contribution in [-0.4, -0.2) is 16.2 Å². The number of carboxylic acid groups (broad SMARTS) is 1. The van der Waals surface area contributed by atoms with E-state index in [4.69, 9.17) is 0 Å². The number of aryl methyl sites for hydroxylation is 2. The molecule has 0 radical (unpaired) electrons. The topological polar surface area (TPSA) is 57.5 Å². The first-order chi connectivity index (χ1) is 9.88. The van der Waals surface area contributed by atoms with E-state index in [-0.39, 0.29) is 11.3 Å². The summed E-state index contributed by atoms with van der Waals surface area (Å²) in [6, 6.07) is 10.4. The fourth-order valence-electron chi connectivity index (χ4n) is 1.97. The van der Waals surface area contributed by atoms with E-state index in [0.717, 1.165) is 15.6 Å². The Morgan fingerprint density at radius 3 is 2.43 bits per heavy atom. The Kier molecular flexibility index (Phi) is 4.48. The number of rotatable bonds is 3. The van der Waals surface area contributed by atoms with Gasteiger partial charge in [0.05, 0.1) is 5.57 Å². The van der Waals surface area contributed by atoms with Crippen molar-refractivity contribution in [2.75, 3.05) is 0 Å². The summed E-state index contributed by atoms with van der Waals surface area (Å²) in [5.74, 6) is -0.988. The van der Waals surface area contributed by atoms with Crippen molar-refractivity contribution in [3.8, 4) is 5.75 Å². The highest BCUT2D eigenvalue weighted by Crippen LogP contribution is 2.27. The lowest BCUT2D eigenvalue weighted by Gasteiger charge is -2.07. The number of halogens is 1. The van der Waals surface area contributed by atoms with Crippen LogP contribution in [0.15, 0.2) is 40.9 Å². The molecule has 21 heavy (non-hydrogen) atoms. The van der Waals surface area contributed by atoms with Gasteiger partial charge in [0.1, 0.15) is 5.75 Å². The molecular formula is C17H15BrO3. The predicted molar refractivity (Wildman–Crippen MR) is 87.2 cm³/mol. The summed E-state index contributed by atoms with van der Waals surface area (Å²) >= 11 is 3.31. The van der Waals surface area contributed by atoms with Crippen molar-refractivity contribution >= 4 is 33.5 Å². The number of carboxylic acids is 1. The molecule has 3 nitrogen and oxygen atoms in total. The van der Waals surface area contributed by atoms with Crippen molar-refractivity contribution in [2.24, 2.45) is 0 Å². The lowest BCUT2D eigenvalue weighted by atomic mass is 9.98. The van der Waals surface area contributed by atoms with Crippen LogP contribution in [0.1, 0.15) is 22.3 Å². The van der Waals surface area contributed by atoms with Gasteiger partial charge >= 0.3 is 5.97 Å². The molecule has 0 heterocycles. The molecule has 4 heteroatoms. The maximum atomic E-state index is 11.5. The van der Waals surface area contributed by atoms with E-state index in [2.05, 4.69) is 15.9 Å². The zero-order chi connectivity index (χ0) is 15.6. The van der Waals surface area contributed by atoms with E-state index in [0.29, 0.717) is 11.1 Å². The van der Waals surface area contributed by atoms with Gasteiger partial charge in [-0.15, -0.1) is 0 Å². The molecule has 108 valence electrons. The number of hydrogen-bond acceptors (Lipinski definition) is 2. The molecule has 0 saturated carbocycles. The molecule has 0 aliphatic rings. The lowest BCUT2D eigenvalue weighted by molar-refractivity contribution is -0.130. The smallest absolute Gasteiger partial charge is 0.336 e. The molecule has 0 bridgehead atoms. The molecule has 0 aromatic heterocycles. The van der Waals surface area contributed by atoms with Crippen LogP contribution < -0.4 is 0 Å². The van der Waals surface area contributed by atoms with Gasteiger partial charge in [0.2, 0.25) is 0 Å². The number of benzene rings is 2. The molecule has 0 unspecified atom stereocenters. The zero-order valence-corrected chi connectivity index (χ0v) is 13.3. The Hall–Kier alpha value is -2.07. The third-order valence-corrected chi connectivity index (χ3v) is 3.83. The average Bonchev–Trinajstić information content (AvgIpc) is 2.42. The van der Waals surface area contributed by atoms with Crippen LogP contribution in [-0.2, 0) is 4.79 Å². The summed E-state index contributed by atoms with van der Waals surface area (Å²) < 4.78 is 0.774. The molecule has 0 amide bonds. The van der Waals surface area contributed by atoms with Gasteiger partial charge in [-0.05, 0) is 54.8 Å². The van der Waals surface area contributed by atoms with Gasteiger partial charge in [-0.3, -0.25) is 0 Å². The van der Waals surface area contributed by atoms with Gasteiger partial charge in [-0.2, -0.15) is 0 Å². The number of carbonyl (C=O) groups is 1. The standard InChI is InChI=1S/C17H15BrO3/c1-10-3-4-12(7-11(10)2)15(17(20)21)9-13-8-14(18)5-6-16(13)19/h3-9,19H,1-2H3,(H,20,21)/b15-9-. The lowest BCUT2D eigenvalue weighted by Crippen LogP contribution is -2.00. The van der Waals surface area contributed by atoms with E-state index in [1.807, 2.05) is 26.0 Å². The van der Waals surface area contributed by atoms with Crippen molar-refractivity contribution in [2.45, 2.75) is 13.8 Å². The molecule has 0 fully saturated rings. The molecular weight excluding hydrogens is 332 g/mol. The average molecular weight is 347 g/mol. The summed E-state index contributed by atoms with van der Waals surface area (Å²) in [5, 5.41) is 19.3. The second-order valence-corrected chi connectivity index (χ2v) is 5.78. The van der Waals surface area contributed by atoms with Crippen molar-refractivity contribution in [3.05, 3.63) is 63.1 Å². The van der Waals surface area contributed by atoms with Gasteiger partial charge < -0.3 is 10.2 Å². The van der Waals surface area contributed by atoms with Crippen LogP contribution in [0.4, 0.5) is 0 Å². The SMILES string of the molecule is Cc1ccc(/C(=C/c2cc(Br)ccc2O)C(=O)O)cc1C. The highest BCUT2D eigenvalue weighted by molar-refractivity contribution is 9.10. The van der Waals surface area contributed by atoms with Gasteiger partial charge in [-0.1, -0.05) is 34.1 Å². The van der Waals surface area contributed by atoms with Crippen molar-refractivity contribution in [1.82, 2.24) is 0 Å². The fourth-order valence-corrected chi connectivity index (χ4v) is 2.35. The van der Waals surface area contributed by atoms with E-state index in [1.165, 1.54) is 12.1 Å². The Balaban J connectivity index is 2.57. The highest BCUT2D eigenvalue weighted by atomic mass is 79.9. The van der Waals surface area contributed by atoms with Gasteiger partial charge in [0.15, 0.2) is 0 Å². The fraction of sp³-hybridized carbons (Fsp3) is 0.118. The van der Waals surface area contributed by atoms with Crippen molar-refractivity contribution in [1.29, 1.82) is 0 Å². The Bertz CT molecular complexity index is 733. The molecule has 0 spiro atoms. The summed E-state index contributed by atoms with van der Waals surface area (Å²) in [5.41, 5.74) is 3.35. The zero-order valence-electron chi connectivity index (χ0n) is 11.7. The van der Waals surface area contributed by atoms with Crippen molar-refractivity contribution in [3.63, 3.8) is 0 Å². The quantitative estimate of drug-likeness (QED) is 0.639. The number of aromatic hydroxyl groups is 1. The largest absolute Gasteiger partial charge is 0.507 e. The molecule has 2 aromatic rings. The van der Waals surface area contributed by atoms with E-state index < -0.39 is 5.97 Å². The normalized spacial score (nSPS) is 11.5. The highest BCUT2D eigenvalue weighted by Gasteiger charge is 2.12. The first kappa shape index (κ1) is 15.3. The minimum atomic E-state index is -1.03. The summed E-state index contributed by atoms with van der Waals surface area (Å²) in [4.78, 5) is 11.5. The van der Waals surface area contributed by atoms with Gasteiger partial charge in [0, 0.05) is 10.0 Å². The van der Waals surface area contributed by atoms with Gasteiger partial charge in [-0.25, -0.2) is 4.79 Å². The second kappa shape index (κ2) is 6.14. The Labute approximate surface area is 131 Å². The Morgan fingerprint density at radius 2 is 1.81 bits per heavy atom.